The molecule has 3 heteroatoms. The molecule has 0 bridgehead atoms. The van der Waals surface area contributed by atoms with Crippen molar-refractivity contribution in [1.29, 1.82) is 0 Å². The highest BCUT2D eigenvalue weighted by Gasteiger charge is 2.34. The highest BCUT2D eigenvalue weighted by atomic mass is 16.5. The molecular weight excluding hydrogens is 260 g/mol. The van der Waals surface area contributed by atoms with Gasteiger partial charge in [-0.2, -0.15) is 0 Å². The molecule has 0 saturated heterocycles. The lowest BCUT2D eigenvalue weighted by molar-refractivity contribution is -0.0295. The average Bonchev–Trinajstić information content (AvgIpc) is 2.55. The summed E-state index contributed by atoms with van der Waals surface area (Å²) in [4.78, 5) is 4.47. The first-order valence-corrected chi connectivity index (χ1v) is 7.78. The van der Waals surface area contributed by atoms with E-state index in [-0.39, 0.29) is 11.6 Å². The monoisotopic (exact) mass is 286 g/mol. The third-order valence-electron chi connectivity index (χ3n) is 4.37. The molecule has 2 rings (SSSR count). The van der Waals surface area contributed by atoms with Gasteiger partial charge in [-0.3, -0.25) is 4.98 Å². The largest absolute Gasteiger partial charge is 0.377 e. The van der Waals surface area contributed by atoms with Crippen molar-refractivity contribution in [1.82, 2.24) is 10.3 Å². The third-order valence-corrected chi connectivity index (χ3v) is 4.37. The summed E-state index contributed by atoms with van der Waals surface area (Å²) in [6, 6.07) is 10.6. The number of fused-ring (bicyclic) bond motifs is 1. The molecule has 0 fully saturated rings. The lowest BCUT2D eigenvalue weighted by Gasteiger charge is -2.37. The Balaban J connectivity index is 2.53. The summed E-state index contributed by atoms with van der Waals surface area (Å²) in [5.41, 5.74) is 2.06. The van der Waals surface area contributed by atoms with Crippen LogP contribution in [0.3, 0.4) is 0 Å². The topological polar surface area (TPSA) is 34.2 Å². The van der Waals surface area contributed by atoms with Crippen LogP contribution >= 0.6 is 0 Å². The molecule has 0 radical (unpaired) electrons. The summed E-state index contributed by atoms with van der Waals surface area (Å²) in [5, 5.41) is 4.87. The maximum atomic E-state index is 5.87. The summed E-state index contributed by atoms with van der Waals surface area (Å²) in [6.45, 7) is 7.51. The number of nitrogens with zero attached hydrogens (tertiary/aromatic N) is 1. The number of aromatic nitrogens is 1. The van der Waals surface area contributed by atoms with Crippen LogP contribution in [0, 0.1) is 0 Å². The Bertz CT molecular complexity index is 573. The minimum absolute atomic E-state index is 0.153. The molecule has 1 N–H and O–H groups in total. The smallest absolute Gasteiger partial charge is 0.0842 e. The highest BCUT2D eigenvalue weighted by Crippen LogP contribution is 2.35. The Morgan fingerprint density at radius 2 is 2.05 bits per heavy atom. The fourth-order valence-electron chi connectivity index (χ4n) is 2.79. The lowest BCUT2D eigenvalue weighted by atomic mass is 9.85. The first-order chi connectivity index (χ1) is 10.2. The van der Waals surface area contributed by atoms with Crippen LogP contribution in [0.15, 0.2) is 36.5 Å². The van der Waals surface area contributed by atoms with Crippen LogP contribution in [0.1, 0.15) is 45.2 Å². The van der Waals surface area contributed by atoms with Crippen LogP contribution in [0.5, 0.6) is 0 Å². The summed E-state index contributed by atoms with van der Waals surface area (Å²) < 4.78 is 5.87. The number of pyridine rings is 1. The third kappa shape index (κ3) is 3.25. The van der Waals surface area contributed by atoms with Gasteiger partial charge in [-0.25, -0.2) is 0 Å². The van der Waals surface area contributed by atoms with Crippen molar-refractivity contribution in [2.75, 3.05) is 13.7 Å². The Labute approximate surface area is 127 Å². The molecule has 2 aromatic rings. The fourth-order valence-corrected chi connectivity index (χ4v) is 2.79. The van der Waals surface area contributed by atoms with Crippen LogP contribution in [0.25, 0.3) is 10.9 Å². The molecule has 1 aromatic heterocycles. The Morgan fingerprint density at radius 3 is 2.71 bits per heavy atom. The molecule has 1 aromatic carbocycles. The standard InChI is InChI=1S/C18H26N2O/c1-5-12-20-17(18(3,6-2)21-4)15-9-7-11-16-14(15)10-8-13-19-16/h7-11,13,17,20H,5-6,12H2,1-4H3. The maximum absolute atomic E-state index is 5.87. The van der Waals surface area contributed by atoms with Crippen molar-refractivity contribution in [3.8, 4) is 0 Å². The highest BCUT2D eigenvalue weighted by molar-refractivity contribution is 5.82. The molecule has 2 atom stereocenters. The van der Waals surface area contributed by atoms with Crippen molar-refractivity contribution in [2.45, 2.75) is 45.3 Å². The number of benzene rings is 1. The van der Waals surface area contributed by atoms with E-state index >= 15 is 0 Å². The molecule has 0 amide bonds. The zero-order chi connectivity index (χ0) is 15.3. The molecule has 0 spiro atoms. The molecule has 0 aliphatic rings. The second kappa shape index (κ2) is 7.01. The molecule has 0 saturated carbocycles. The Kier molecular flexibility index (Phi) is 5.32. The minimum Gasteiger partial charge on any atom is -0.377 e. The van der Waals surface area contributed by atoms with Gasteiger partial charge in [0.15, 0.2) is 0 Å². The van der Waals surface area contributed by atoms with Gasteiger partial charge in [-0.15, -0.1) is 0 Å². The van der Waals surface area contributed by atoms with Gasteiger partial charge in [-0.05, 0) is 44.0 Å². The first kappa shape index (κ1) is 15.9. The van der Waals surface area contributed by atoms with E-state index in [1.807, 2.05) is 12.3 Å². The minimum atomic E-state index is -0.237. The van der Waals surface area contributed by atoms with E-state index in [9.17, 15) is 0 Å². The predicted molar refractivity (Wildman–Crippen MR) is 88.5 cm³/mol. The summed E-state index contributed by atoms with van der Waals surface area (Å²) in [6.07, 6.45) is 3.89. The van der Waals surface area contributed by atoms with Crippen molar-refractivity contribution in [3.63, 3.8) is 0 Å². The Morgan fingerprint density at radius 1 is 1.24 bits per heavy atom. The molecular formula is C18H26N2O. The van der Waals surface area contributed by atoms with Crippen LogP contribution in [0.4, 0.5) is 0 Å². The number of ether oxygens (including phenoxy) is 1. The predicted octanol–water partition coefficient (Wildman–Crippen LogP) is 4.09. The van der Waals surface area contributed by atoms with Gasteiger partial charge in [0.2, 0.25) is 0 Å². The van der Waals surface area contributed by atoms with Crippen LogP contribution in [-0.4, -0.2) is 24.2 Å². The summed E-state index contributed by atoms with van der Waals surface area (Å²) in [7, 11) is 1.80. The van der Waals surface area contributed by atoms with Gasteiger partial charge < -0.3 is 10.1 Å². The van der Waals surface area contributed by atoms with Gasteiger partial charge in [-0.1, -0.05) is 32.0 Å². The maximum Gasteiger partial charge on any atom is 0.0842 e. The van der Waals surface area contributed by atoms with Crippen LogP contribution < -0.4 is 5.32 Å². The van der Waals surface area contributed by atoms with Crippen molar-refractivity contribution in [2.24, 2.45) is 0 Å². The van der Waals surface area contributed by atoms with Gasteiger partial charge in [0.05, 0.1) is 17.2 Å². The van der Waals surface area contributed by atoms with Crippen molar-refractivity contribution < 1.29 is 4.74 Å². The van der Waals surface area contributed by atoms with Crippen LogP contribution in [-0.2, 0) is 4.74 Å². The first-order valence-electron chi connectivity index (χ1n) is 7.78. The normalized spacial score (nSPS) is 15.8. The second-order valence-electron chi connectivity index (χ2n) is 5.67. The van der Waals surface area contributed by atoms with Crippen LogP contribution in [0.2, 0.25) is 0 Å². The van der Waals surface area contributed by atoms with Gasteiger partial charge in [0.25, 0.3) is 0 Å². The molecule has 3 nitrogen and oxygen atoms in total. The lowest BCUT2D eigenvalue weighted by Crippen LogP contribution is -2.43. The zero-order valence-electron chi connectivity index (χ0n) is 13.5. The fraction of sp³-hybridized carbons (Fsp3) is 0.500. The van der Waals surface area contributed by atoms with E-state index in [1.54, 1.807) is 7.11 Å². The summed E-state index contributed by atoms with van der Waals surface area (Å²) in [5.74, 6) is 0. The van der Waals surface area contributed by atoms with Crippen molar-refractivity contribution in [3.05, 3.63) is 42.1 Å². The second-order valence-corrected chi connectivity index (χ2v) is 5.67. The van der Waals surface area contributed by atoms with E-state index in [0.717, 1.165) is 24.9 Å². The molecule has 21 heavy (non-hydrogen) atoms. The molecule has 1 heterocycles. The number of rotatable bonds is 7. The number of nitrogens with one attached hydrogen (secondary N) is 1. The Hall–Kier alpha value is -1.45. The van der Waals surface area contributed by atoms with Gasteiger partial charge >= 0.3 is 0 Å². The molecule has 0 aliphatic carbocycles. The average molecular weight is 286 g/mol. The molecule has 0 aliphatic heterocycles. The van der Waals surface area contributed by atoms with Crippen molar-refractivity contribution >= 4 is 10.9 Å². The van der Waals surface area contributed by atoms with E-state index in [4.69, 9.17) is 4.74 Å². The van der Waals surface area contributed by atoms with Gasteiger partial charge in [0.1, 0.15) is 0 Å². The van der Waals surface area contributed by atoms with E-state index in [1.165, 1.54) is 10.9 Å². The number of hydrogen-bond acceptors (Lipinski definition) is 3. The van der Waals surface area contributed by atoms with E-state index in [2.05, 4.69) is 55.3 Å². The van der Waals surface area contributed by atoms with Gasteiger partial charge in [0, 0.05) is 18.7 Å². The van der Waals surface area contributed by atoms with E-state index < -0.39 is 0 Å². The molecule has 2 unspecified atom stereocenters. The number of methoxy groups -OCH3 is 1. The molecule has 114 valence electrons. The van der Waals surface area contributed by atoms with E-state index in [0.29, 0.717) is 0 Å². The summed E-state index contributed by atoms with van der Waals surface area (Å²) >= 11 is 0. The quantitative estimate of drug-likeness (QED) is 0.832. The zero-order valence-corrected chi connectivity index (χ0v) is 13.5. The number of hydrogen-bond donors (Lipinski definition) is 1. The SMILES string of the molecule is CCCNC(c1cccc2ncccc12)C(C)(CC)OC.